The molecule has 0 aliphatic heterocycles. The van der Waals surface area contributed by atoms with E-state index in [2.05, 4.69) is 16.7 Å². The van der Waals surface area contributed by atoms with Crippen LogP contribution in [0.15, 0.2) is 18.2 Å². The number of benzene rings is 1. The number of rotatable bonds is 7. The van der Waals surface area contributed by atoms with E-state index in [-0.39, 0.29) is 30.2 Å². The summed E-state index contributed by atoms with van der Waals surface area (Å²) in [5.74, 6) is -0.224. The molecule has 2 aliphatic carbocycles. The lowest BCUT2D eigenvalue weighted by molar-refractivity contribution is -0.120. The fourth-order valence-corrected chi connectivity index (χ4v) is 3.29. The lowest BCUT2D eigenvalue weighted by Crippen LogP contribution is -2.48. The van der Waals surface area contributed by atoms with E-state index < -0.39 is 11.4 Å². The standard InChI is InChI=1S/C19H24FN3O2/c1-19(12-21,13-6-7-13)23-18(24)11-22-14-8-9-17(16(20)10-14)25-15-4-2-3-5-15/h8-10,13,15,22H,2-7,11H2,1H3,(H,23,24)/t19-/m0/s1. The summed E-state index contributed by atoms with van der Waals surface area (Å²) in [6.45, 7) is 1.74. The molecule has 6 heteroatoms. The SMILES string of the molecule is C[C@@](C#N)(NC(=O)CNc1ccc(OC2CCCC2)c(F)c1)C1CC1. The summed E-state index contributed by atoms with van der Waals surface area (Å²) in [5, 5.41) is 14.9. The van der Waals surface area contributed by atoms with Crippen molar-refractivity contribution < 1.29 is 13.9 Å². The molecule has 1 atom stereocenters. The number of hydrogen-bond donors (Lipinski definition) is 2. The molecule has 0 unspecified atom stereocenters. The molecule has 0 bridgehead atoms. The topological polar surface area (TPSA) is 74.2 Å². The number of carbonyl (C=O) groups is 1. The Bertz CT molecular complexity index is 678. The first-order valence-electron chi connectivity index (χ1n) is 8.92. The first-order valence-corrected chi connectivity index (χ1v) is 8.92. The number of hydrogen-bond acceptors (Lipinski definition) is 4. The van der Waals surface area contributed by atoms with Crippen LogP contribution in [0.3, 0.4) is 0 Å². The van der Waals surface area contributed by atoms with Gasteiger partial charge in [0.25, 0.3) is 0 Å². The largest absolute Gasteiger partial charge is 0.487 e. The Balaban J connectivity index is 1.51. The summed E-state index contributed by atoms with van der Waals surface area (Å²) in [6.07, 6.45) is 6.23. The van der Waals surface area contributed by atoms with Crippen molar-refractivity contribution in [3.63, 3.8) is 0 Å². The average Bonchev–Trinajstić information content (AvgIpc) is 3.34. The van der Waals surface area contributed by atoms with E-state index >= 15 is 0 Å². The van der Waals surface area contributed by atoms with Crippen LogP contribution in [0.2, 0.25) is 0 Å². The van der Waals surface area contributed by atoms with Crippen LogP contribution in [0.5, 0.6) is 5.75 Å². The molecule has 1 amide bonds. The molecule has 134 valence electrons. The molecule has 0 saturated heterocycles. The van der Waals surface area contributed by atoms with Crippen molar-refractivity contribution in [1.82, 2.24) is 5.32 Å². The minimum Gasteiger partial charge on any atom is -0.487 e. The maximum Gasteiger partial charge on any atom is 0.240 e. The highest BCUT2D eigenvalue weighted by atomic mass is 19.1. The normalized spacial score (nSPS) is 19.7. The van der Waals surface area contributed by atoms with Crippen LogP contribution in [-0.2, 0) is 4.79 Å². The first-order chi connectivity index (χ1) is 12.0. The zero-order valence-corrected chi connectivity index (χ0v) is 14.5. The van der Waals surface area contributed by atoms with Crippen LogP contribution in [-0.4, -0.2) is 24.1 Å². The van der Waals surface area contributed by atoms with Crippen molar-refractivity contribution in [1.29, 1.82) is 5.26 Å². The smallest absolute Gasteiger partial charge is 0.240 e. The van der Waals surface area contributed by atoms with Gasteiger partial charge in [-0.05, 0) is 63.5 Å². The van der Waals surface area contributed by atoms with Crippen LogP contribution >= 0.6 is 0 Å². The van der Waals surface area contributed by atoms with E-state index in [0.29, 0.717) is 5.69 Å². The van der Waals surface area contributed by atoms with Gasteiger partial charge in [-0.25, -0.2) is 4.39 Å². The van der Waals surface area contributed by atoms with E-state index in [4.69, 9.17) is 4.74 Å². The highest BCUT2D eigenvalue weighted by molar-refractivity contribution is 5.82. The summed E-state index contributed by atoms with van der Waals surface area (Å²) in [5.41, 5.74) is -0.306. The second-order valence-electron chi connectivity index (χ2n) is 7.16. The fourth-order valence-electron chi connectivity index (χ4n) is 3.29. The van der Waals surface area contributed by atoms with Crippen molar-refractivity contribution in [2.75, 3.05) is 11.9 Å². The van der Waals surface area contributed by atoms with Crippen LogP contribution in [0, 0.1) is 23.1 Å². The molecule has 2 fully saturated rings. The summed E-state index contributed by atoms with van der Waals surface area (Å²) in [4.78, 5) is 12.1. The third-order valence-electron chi connectivity index (χ3n) is 5.01. The molecular weight excluding hydrogens is 321 g/mol. The van der Waals surface area contributed by atoms with Crippen molar-refractivity contribution >= 4 is 11.6 Å². The number of nitrogens with zero attached hydrogens (tertiary/aromatic N) is 1. The van der Waals surface area contributed by atoms with Crippen molar-refractivity contribution in [3.8, 4) is 11.8 Å². The number of nitriles is 1. The van der Waals surface area contributed by atoms with Gasteiger partial charge < -0.3 is 15.4 Å². The minimum absolute atomic E-state index is 0.00768. The Morgan fingerprint density at radius 3 is 2.68 bits per heavy atom. The lowest BCUT2D eigenvalue weighted by Gasteiger charge is -2.23. The average molecular weight is 345 g/mol. The summed E-state index contributed by atoms with van der Waals surface area (Å²) in [7, 11) is 0. The number of ether oxygens (including phenoxy) is 1. The van der Waals surface area contributed by atoms with Gasteiger partial charge in [-0.3, -0.25) is 4.79 Å². The van der Waals surface area contributed by atoms with Gasteiger partial charge in [0, 0.05) is 11.8 Å². The monoisotopic (exact) mass is 345 g/mol. The second kappa shape index (κ2) is 7.30. The van der Waals surface area contributed by atoms with E-state index in [9.17, 15) is 14.4 Å². The molecule has 1 aromatic rings. The van der Waals surface area contributed by atoms with Gasteiger partial charge in [-0.1, -0.05) is 0 Å². The van der Waals surface area contributed by atoms with Crippen LogP contribution in [0.25, 0.3) is 0 Å². The Hall–Kier alpha value is -2.29. The van der Waals surface area contributed by atoms with Crippen molar-refractivity contribution in [3.05, 3.63) is 24.0 Å². The Labute approximate surface area is 147 Å². The molecule has 25 heavy (non-hydrogen) atoms. The number of anilines is 1. The van der Waals surface area contributed by atoms with Crippen LogP contribution < -0.4 is 15.4 Å². The van der Waals surface area contributed by atoms with Crippen molar-refractivity contribution in [2.45, 2.75) is 57.1 Å². The minimum atomic E-state index is -0.816. The molecule has 0 radical (unpaired) electrons. The third-order valence-corrected chi connectivity index (χ3v) is 5.01. The summed E-state index contributed by atoms with van der Waals surface area (Å²) < 4.78 is 19.8. The van der Waals surface area contributed by atoms with Crippen molar-refractivity contribution in [2.24, 2.45) is 5.92 Å². The molecule has 2 saturated carbocycles. The molecule has 0 heterocycles. The highest BCUT2D eigenvalue weighted by Crippen LogP contribution is 2.39. The van der Waals surface area contributed by atoms with E-state index in [1.54, 1.807) is 19.1 Å². The first kappa shape index (κ1) is 17.5. The Morgan fingerprint density at radius 1 is 1.36 bits per heavy atom. The lowest BCUT2D eigenvalue weighted by atomic mass is 9.98. The number of nitrogens with one attached hydrogen (secondary N) is 2. The molecule has 5 nitrogen and oxygen atoms in total. The number of amides is 1. The molecule has 2 N–H and O–H groups in total. The molecule has 2 aliphatic rings. The van der Waals surface area contributed by atoms with Crippen LogP contribution in [0.1, 0.15) is 45.4 Å². The fraction of sp³-hybridized carbons (Fsp3) is 0.579. The summed E-state index contributed by atoms with van der Waals surface area (Å²) >= 11 is 0. The number of halogens is 1. The molecular formula is C19H24FN3O2. The Kier molecular flexibility index (Phi) is 5.12. The van der Waals surface area contributed by atoms with E-state index in [0.717, 1.165) is 38.5 Å². The molecule has 0 aromatic heterocycles. The quantitative estimate of drug-likeness (QED) is 0.794. The second-order valence-corrected chi connectivity index (χ2v) is 7.16. The van der Waals surface area contributed by atoms with Gasteiger partial charge in [0.2, 0.25) is 5.91 Å². The molecule has 0 spiro atoms. The van der Waals surface area contributed by atoms with Gasteiger partial charge in [-0.15, -0.1) is 0 Å². The predicted octanol–water partition coefficient (Wildman–Crippen LogP) is 3.37. The van der Waals surface area contributed by atoms with Gasteiger partial charge in [-0.2, -0.15) is 5.26 Å². The summed E-state index contributed by atoms with van der Waals surface area (Å²) in [6, 6.07) is 6.81. The third kappa shape index (κ3) is 4.41. The van der Waals surface area contributed by atoms with Gasteiger partial charge >= 0.3 is 0 Å². The zero-order valence-electron chi connectivity index (χ0n) is 14.5. The van der Waals surface area contributed by atoms with E-state index in [1.165, 1.54) is 6.07 Å². The van der Waals surface area contributed by atoms with Gasteiger partial charge in [0.1, 0.15) is 5.54 Å². The number of carbonyl (C=O) groups excluding carboxylic acids is 1. The van der Waals surface area contributed by atoms with Gasteiger partial charge in [0.15, 0.2) is 11.6 Å². The van der Waals surface area contributed by atoms with Gasteiger partial charge in [0.05, 0.1) is 18.7 Å². The Morgan fingerprint density at radius 2 is 2.08 bits per heavy atom. The highest BCUT2D eigenvalue weighted by Gasteiger charge is 2.42. The maximum atomic E-state index is 14.2. The van der Waals surface area contributed by atoms with E-state index in [1.807, 2.05) is 0 Å². The molecule has 3 rings (SSSR count). The molecule has 1 aromatic carbocycles. The predicted molar refractivity (Wildman–Crippen MR) is 92.7 cm³/mol. The zero-order chi connectivity index (χ0) is 17.9. The van der Waals surface area contributed by atoms with Crippen LogP contribution in [0.4, 0.5) is 10.1 Å². The maximum absolute atomic E-state index is 14.2.